The summed E-state index contributed by atoms with van der Waals surface area (Å²) in [6.45, 7) is 8.25. The molecule has 3 nitrogen and oxygen atoms in total. The Bertz CT molecular complexity index is 372. The molecule has 3 heteroatoms. The third-order valence-electron chi connectivity index (χ3n) is 3.69. The SMILES string of the molecule is Cc1cccc(C)c1OCCN1CCC(CO)C1. The van der Waals surface area contributed by atoms with Gasteiger partial charge in [0.1, 0.15) is 12.4 Å². The molecule has 0 radical (unpaired) electrons. The number of nitrogens with zero attached hydrogens (tertiary/aromatic N) is 1. The molecule has 1 unspecified atom stereocenters. The van der Waals surface area contributed by atoms with Gasteiger partial charge in [0.15, 0.2) is 0 Å². The van der Waals surface area contributed by atoms with Crippen LogP contribution in [0.25, 0.3) is 0 Å². The molecule has 1 aromatic rings. The zero-order valence-electron chi connectivity index (χ0n) is 11.4. The van der Waals surface area contributed by atoms with E-state index in [0.29, 0.717) is 12.5 Å². The lowest BCUT2D eigenvalue weighted by atomic mass is 10.1. The maximum atomic E-state index is 9.10. The highest BCUT2D eigenvalue weighted by Crippen LogP contribution is 2.22. The first-order valence-electron chi connectivity index (χ1n) is 6.73. The van der Waals surface area contributed by atoms with Crippen LogP contribution in [0.15, 0.2) is 18.2 Å². The van der Waals surface area contributed by atoms with Gasteiger partial charge < -0.3 is 9.84 Å². The maximum Gasteiger partial charge on any atom is 0.125 e. The van der Waals surface area contributed by atoms with Crippen molar-refractivity contribution < 1.29 is 9.84 Å². The van der Waals surface area contributed by atoms with Crippen LogP contribution in [0.3, 0.4) is 0 Å². The van der Waals surface area contributed by atoms with E-state index in [9.17, 15) is 0 Å². The Morgan fingerprint density at radius 1 is 1.33 bits per heavy atom. The number of rotatable bonds is 5. The van der Waals surface area contributed by atoms with Gasteiger partial charge in [-0.1, -0.05) is 18.2 Å². The topological polar surface area (TPSA) is 32.7 Å². The van der Waals surface area contributed by atoms with Crippen molar-refractivity contribution in [3.63, 3.8) is 0 Å². The highest BCUT2D eigenvalue weighted by Gasteiger charge is 2.21. The Balaban J connectivity index is 1.79. The zero-order valence-corrected chi connectivity index (χ0v) is 11.4. The van der Waals surface area contributed by atoms with E-state index in [-0.39, 0.29) is 0 Å². The largest absolute Gasteiger partial charge is 0.492 e. The molecule has 0 saturated carbocycles. The lowest BCUT2D eigenvalue weighted by molar-refractivity contribution is 0.204. The van der Waals surface area contributed by atoms with E-state index in [2.05, 4.69) is 36.9 Å². The normalized spacial score (nSPS) is 20.3. The van der Waals surface area contributed by atoms with E-state index in [0.717, 1.165) is 38.4 Å². The van der Waals surface area contributed by atoms with E-state index >= 15 is 0 Å². The van der Waals surface area contributed by atoms with Crippen molar-refractivity contribution >= 4 is 0 Å². The van der Waals surface area contributed by atoms with Crippen molar-refractivity contribution in [1.29, 1.82) is 0 Å². The highest BCUT2D eigenvalue weighted by atomic mass is 16.5. The minimum Gasteiger partial charge on any atom is -0.492 e. The van der Waals surface area contributed by atoms with E-state index in [1.807, 2.05) is 0 Å². The van der Waals surface area contributed by atoms with Crippen LogP contribution in [0.2, 0.25) is 0 Å². The molecule has 1 saturated heterocycles. The Hall–Kier alpha value is -1.06. The fourth-order valence-electron chi connectivity index (χ4n) is 2.57. The van der Waals surface area contributed by atoms with Gasteiger partial charge in [-0.25, -0.2) is 0 Å². The quantitative estimate of drug-likeness (QED) is 0.866. The number of ether oxygens (including phenoxy) is 1. The molecule has 1 N–H and O–H groups in total. The van der Waals surface area contributed by atoms with Crippen LogP contribution in [0.5, 0.6) is 5.75 Å². The Morgan fingerprint density at radius 3 is 2.67 bits per heavy atom. The predicted octanol–water partition coefficient (Wildman–Crippen LogP) is 2.00. The second-order valence-electron chi connectivity index (χ2n) is 5.21. The van der Waals surface area contributed by atoms with Gasteiger partial charge >= 0.3 is 0 Å². The van der Waals surface area contributed by atoms with Crippen molar-refractivity contribution in [3.8, 4) is 5.75 Å². The second kappa shape index (κ2) is 6.21. The standard InChI is InChI=1S/C15H23NO2/c1-12-4-3-5-13(2)15(12)18-9-8-16-7-6-14(10-16)11-17/h3-5,14,17H,6-11H2,1-2H3. The summed E-state index contributed by atoms with van der Waals surface area (Å²) in [5.41, 5.74) is 2.40. The highest BCUT2D eigenvalue weighted by molar-refractivity contribution is 5.39. The second-order valence-corrected chi connectivity index (χ2v) is 5.21. The summed E-state index contributed by atoms with van der Waals surface area (Å²) in [5.74, 6) is 1.49. The van der Waals surface area contributed by atoms with Crippen molar-refractivity contribution in [2.75, 3.05) is 32.8 Å². The molecule has 0 aliphatic carbocycles. The molecule has 100 valence electrons. The summed E-state index contributed by atoms with van der Waals surface area (Å²) in [6, 6.07) is 6.23. The summed E-state index contributed by atoms with van der Waals surface area (Å²) in [4.78, 5) is 2.37. The average Bonchev–Trinajstić information content (AvgIpc) is 2.81. The monoisotopic (exact) mass is 249 g/mol. The van der Waals surface area contributed by atoms with Crippen molar-refractivity contribution in [2.24, 2.45) is 5.92 Å². The maximum absolute atomic E-state index is 9.10. The molecular formula is C15H23NO2. The number of likely N-dealkylation sites (tertiary alicyclic amines) is 1. The lowest BCUT2D eigenvalue weighted by Crippen LogP contribution is -2.26. The summed E-state index contributed by atoms with van der Waals surface area (Å²) >= 11 is 0. The minimum atomic E-state index is 0.314. The molecule has 1 fully saturated rings. The molecule has 0 spiro atoms. The van der Waals surface area contributed by atoms with Gasteiger partial charge in [-0.2, -0.15) is 0 Å². The van der Waals surface area contributed by atoms with Gasteiger partial charge in [-0.3, -0.25) is 4.90 Å². The van der Waals surface area contributed by atoms with Gasteiger partial charge in [0.05, 0.1) is 0 Å². The first kappa shape index (κ1) is 13.4. The van der Waals surface area contributed by atoms with Crippen LogP contribution in [0, 0.1) is 19.8 Å². The Labute approximate surface area is 109 Å². The predicted molar refractivity (Wildman–Crippen MR) is 73.0 cm³/mol. The third-order valence-corrected chi connectivity index (χ3v) is 3.69. The first-order chi connectivity index (χ1) is 8.70. The van der Waals surface area contributed by atoms with E-state index < -0.39 is 0 Å². The van der Waals surface area contributed by atoms with Gasteiger partial charge in [0.2, 0.25) is 0 Å². The third kappa shape index (κ3) is 3.24. The average molecular weight is 249 g/mol. The Kier molecular flexibility index (Phi) is 4.61. The Morgan fingerprint density at radius 2 is 2.06 bits per heavy atom. The van der Waals surface area contributed by atoms with Crippen molar-refractivity contribution in [2.45, 2.75) is 20.3 Å². The van der Waals surface area contributed by atoms with Gasteiger partial charge in [0.25, 0.3) is 0 Å². The molecule has 0 amide bonds. The molecule has 1 heterocycles. The molecule has 18 heavy (non-hydrogen) atoms. The van der Waals surface area contributed by atoms with Crippen LogP contribution < -0.4 is 4.74 Å². The van der Waals surface area contributed by atoms with Gasteiger partial charge in [-0.15, -0.1) is 0 Å². The first-order valence-corrected chi connectivity index (χ1v) is 6.73. The molecule has 1 aliphatic rings. The summed E-state index contributed by atoms with van der Waals surface area (Å²) in [5, 5.41) is 9.10. The van der Waals surface area contributed by atoms with Crippen molar-refractivity contribution in [1.82, 2.24) is 4.90 Å². The number of benzene rings is 1. The van der Waals surface area contributed by atoms with Crippen LogP contribution in [0.1, 0.15) is 17.5 Å². The van der Waals surface area contributed by atoms with Crippen LogP contribution >= 0.6 is 0 Å². The molecule has 0 aromatic heterocycles. The minimum absolute atomic E-state index is 0.314. The molecule has 1 aromatic carbocycles. The number of para-hydroxylation sites is 1. The summed E-state index contributed by atoms with van der Waals surface area (Å²) in [7, 11) is 0. The number of hydrogen-bond donors (Lipinski definition) is 1. The fourth-order valence-corrected chi connectivity index (χ4v) is 2.57. The molecule has 1 atom stereocenters. The van der Waals surface area contributed by atoms with Gasteiger partial charge in [-0.05, 0) is 43.9 Å². The van der Waals surface area contributed by atoms with E-state index in [1.165, 1.54) is 11.1 Å². The number of aryl methyl sites for hydroxylation is 2. The summed E-state index contributed by atoms with van der Waals surface area (Å²) < 4.78 is 5.89. The fraction of sp³-hybridized carbons (Fsp3) is 0.600. The summed E-state index contributed by atoms with van der Waals surface area (Å²) in [6.07, 6.45) is 1.11. The van der Waals surface area contributed by atoms with Crippen LogP contribution in [-0.4, -0.2) is 42.9 Å². The van der Waals surface area contributed by atoms with Crippen LogP contribution in [-0.2, 0) is 0 Å². The zero-order chi connectivity index (χ0) is 13.0. The number of aliphatic hydroxyl groups is 1. The van der Waals surface area contributed by atoms with Gasteiger partial charge in [0, 0.05) is 19.7 Å². The van der Waals surface area contributed by atoms with Crippen molar-refractivity contribution in [3.05, 3.63) is 29.3 Å². The van der Waals surface area contributed by atoms with E-state index in [1.54, 1.807) is 0 Å². The lowest BCUT2D eigenvalue weighted by Gasteiger charge is -2.17. The number of aliphatic hydroxyl groups excluding tert-OH is 1. The molecule has 1 aliphatic heterocycles. The molecular weight excluding hydrogens is 226 g/mol. The number of hydrogen-bond acceptors (Lipinski definition) is 3. The van der Waals surface area contributed by atoms with Crippen LogP contribution in [0.4, 0.5) is 0 Å². The smallest absolute Gasteiger partial charge is 0.125 e. The molecule has 0 bridgehead atoms. The molecule has 2 rings (SSSR count). The van der Waals surface area contributed by atoms with E-state index in [4.69, 9.17) is 9.84 Å².